The summed E-state index contributed by atoms with van der Waals surface area (Å²) >= 11 is 0. The molecule has 0 heterocycles. The first kappa shape index (κ1) is 21.9. The summed E-state index contributed by atoms with van der Waals surface area (Å²) in [5, 5.41) is 20.5. The number of allylic oxidation sites excluding steroid dienone is 4. The molecule has 0 aromatic heterocycles. The molecular weight excluding hydrogens is 338 g/mol. The highest BCUT2D eigenvalue weighted by Crippen LogP contribution is 2.47. The average Bonchev–Trinajstić information content (AvgIpc) is 3.13. The van der Waals surface area contributed by atoms with Crippen molar-refractivity contribution in [3.05, 3.63) is 36.0 Å². The van der Waals surface area contributed by atoms with Gasteiger partial charge in [0.25, 0.3) is 0 Å². The third-order valence-corrected chi connectivity index (χ3v) is 5.92. The van der Waals surface area contributed by atoms with E-state index in [1.165, 1.54) is 5.57 Å². The summed E-state index contributed by atoms with van der Waals surface area (Å²) in [6, 6.07) is 0. The van der Waals surface area contributed by atoms with E-state index in [4.69, 9.17) is 0 Å². The van der Waals surface area contributed by atoms with Gasteiger partial charge in [0, 0.05) is 26.4 Å². The van der Waals surface area contributed by atoms with E-state index < -0.39 is 6.10 Å². The van der Waals surface area contributed by atoms with Crippen molar-refractivity contribution in [1.82, 2.24) is 4.90 Å². The third kappa shape index (κ3) is 6.62. The van der Waals surface area contributed by atoms with Crippen molar-refractivity contribution < 1.29 is 15.0 Å². The largest absolute Gasteiger partial charge is 0.392 e. The summed E-state index contributed by atoms with van der Waals surface area (Å²) in [5.74, 6) is 1.15. The molecule has 0 aromatic rings. The quantitative estimate of drug-likeness (QED) is 0.450. The van der Waals surface area contributed by atoms with Crippen LogP contribution < -0.4 is 0 Å². The Labute approximate surface area is 164 Å². The maximum atomic E-state index is 11.6. The van der Waals surface area contributed by atoms with Gasteiger partial charge < -0.3 is 15.1 Å². The highest BCUT2D eigenvalue weighted by Gasteiger charge is 2.42. The molecule has 0 radical (unpaired) electrons. The van der Waals surface area contributed by atoms with Gasteiger partial charge in [-0.3, -0.25) is 4.79 Å². The molecule has 0 unspecified atom stereocenters. The van der Waals surface area contributed by atoms with Crippen LogP contribution >= 0.6 is 0 Å². The number of aliphatic hydroxyl groups excluding tert-OH is 2. The van der Waals surface area contributed by atoms with E-state index in [2.05, 4.69) is 31.2 Å². The molecule has 0 aromatic carbocycles. The molecule has 1 fully saturated rings. The highest BCUT2D eigenvalue weighted by atomic mass is 16.3. The van der Waals surface area contributed by atoms with Crippen LogP contribution in [0.4, 0.5) is 0 Å². The number of amides is 1. The molecule has 0 saturated heterocycles. The monoisotopic (exact) mass is 375 g/mol. The van der Waals surface area contributed by atoms with Crippen molar-refractivity contribution in [2.24, 2.45) is 17.8 Å². The van der Waals surface area contributed by atoms with E-state index in [-0.39, 0.29) is 17.9 Å². The van der Waals surface area contributed by atoms with Crippen LogP contribution in [-0.2, 0) is 4.79 Å². The van der Waals surface area contributed by atoms with E-state index >= 15 is 0 Å². The summed E-state index contributed by atoms with van der Waals surface area (Å²) in [4.78, 5) is 13.2. The Kier molecular flexibility index (Phi) is 8.78. The van der Waals surface area contributed by atoms with Gasteiger partial charge in [-0.15, -0.1) is 0 Å². The summed E-state index contributed by atoms with van der Waals surface area (Å²) in [6.07, 6.45) is 17.0. The van der Waals surface area contributed by atoms with Crippen molar-refractivity contribution in [1.29, 1.82) is 0 Å². The van der Waals surface area contributed by atoms with Crippen LogP contribution in [0.1, 0.15) is 58.3 Å². The van der Waals surface area contributed by atoms with Crippen LogP contribution in [0.15, 0.2) is 36.0 Å². The van der Waals surface area contributed by atoms with E-state index in [1.807, 2.05) is 6.08 Å². The van der Waals surface area contributed by atoms with Gasteiger partial charge in [0.1, 0.15) is 0 Å². The van der Waals surface area contributed by atoms with Gasteiger partial charge in [-0.25, -0.2) is 0 Å². The van der Waals surface area contributed by atoms with Crippen molar-refractivity contribution in [2.75, 3.05) is 14.1 Å². The molecule has 27 heavy (non-hydrogen) atoms. The van der Waals surface area contributed by atoms with Gasteiger partial charge in [-0.2, -0.15) is 0 Å². The molecule has 2 aliphatic rings. The number of hydrogen-bond acceptors (Lipinski definition) is 3. The summed E-state index contributed by atoms with van der Waals surface area (Å²) in [5.41, 5.74) is 1.32. The summed E-state index contributed by atoms with van der Waals surface area (Å²) in [7, 11) is 3.57. The number of carbonyl (C=O) groups is 1. The van der Waals surface area contributed by atoms with Crippen molar-refractivity contribution in [3.63, 3.8) is 0 Å². The number of hydrogen-bond donors (Lipinski definition) is 2. The first-order chi connectivity index (χ1) is 12.9. The Bertz CT molecular complexity index is 564. The predicted octanol–water partition coefficient (Wildman–Crippen LogP) is 3.85. The molecule has 1 amide bonds. The van der Waals surface area contributed by atoms with E-state index in [9.17, 15) is 15.0 Å². The second-order valence-electron chi connectivity index (χ2n) is 8.33. The second-order valence-corrected chi connectivity index (χ2v) is 8.33. The molecule has 2 aliphatic carbocycles. The molecule has 4 heteroatoms. The molecule has 5 atom stereocenters. The maximum Gasteiger partial charge on any atom is 0.222 e. The zero-order valence-electron chi connectivity index (χ0n) is 17.2. The maximum absolute atomic E-state index is 11.6. The van der Waals surface area contributed by atoms with Crippen LogP contribution in [0.2, 0.25) is 0 Å². The fraction of sp³-hybridized carbons (Fsp3) is 0.696. The van der Waals surface area contributed by atoms with Gasteiger partial charge in [0.15, 0.2) is 0 Å². The molecule has 0 spiro atoms. The van der Waals surface area contributed by atoms with Crippen LogP contribution in [0.25, 0.3) is 0 Å². The van der Waals surface area contributed by atoms with Crippen LogP contribution in [-0.4, -0.2) is 47.3 Å². The zero-order valence-corrected chi connectivity index (χ0v) is 17.2. The number of unbranched alkanes of at least 4 members (excludes halogenated alkanes) is 2. The Morgan fingerprint density at radius 1 is 1.37 bits per heavy atom. The Morgan fingerprint density at radius 3 is 2.85 bits per heavy atom. The Hall–Kier alpha value is -1.39. The lowest BCUT2D eigenvalue weighted by Crippen LogP contribution is -2.20. The minimum atomic E-state index is -0.397. The lowest BCUT2D eigenvalue weighted by Gasteiger charge is -2.18. The minimum Gasteiger partial charge on any atom is -0.392 e. The number of carbonyl (C=O) groups excluding carboxylic acids is 1. The Balaban J connectivity index is 1.82. The van der Waals surface area contributed by atoms with Crippen molar-refractivity contribution >= 4 is 5.91 Å². The van der Waals surface area contributed by atoms with Crippen LogP contribution in [0.3, 0.4) is 0 Å². The molecular formula is C23H37NO3. The van der Waals surface area contributed by atoms with Crippen LogP contribution in [0.5, 0.6) is 0 Å². The topological polar surface area (TPSA) is 60.8 Å². The predicted molar refractivity (Wildman–Crippen MR) is 110 cm³/mol. The SMILES string of the molecule is CCCCC[C@H](O)C=C[C@@H]1[C@H]2CC(C=CCCC(=O)N(C)C)=C[C@H]2C[C@H]1O. The lowest BCUT2D eigenvalue weighted by molar-refractivity contribution is -0.128. The van der Waals surface area contributed by atoms with Gasteiger partial charge in [-0.1, -0.05) is 62.1 Å². The molecule has 0 bridgehead atoms. The van der Waals surface area contributed by atoms with E-state index in [0.29, 0.717) is 18.3 Å². The number of aliphatic hydroxyl groups is 2. The second kappa shape index (κ2) is 10.8. The van der Waals surface area contributed by atoms with Gasteiger partial charge in [0.2, 0.25) is 5.91 Å². The fourth-order valence-electron chi connectivity index (χ4n) is 4.29. The van der Waals surface area contributed by atoms with E-state index in [0.717, 1.165) is 44.9 Å². The van der Waals surface area contributed by atoms with Crippen molar-refractivity contribution in [2.45, 2.75) is 70.5 Å². The number of fused-ring (bicyclic) bond motifs is 1. The summed E-state index contributed by atoms with van der Waals surface area (Å²) < 4.78 is 0. The smallest absolute Gasteiger partial charge is 0.222 e. The first-order valence-electron chi connectivity index (χ1n) is 10.5. The first-order valence-corrected chi connectivity index (χ1v) is 10.5. The third-order valence-electron chi connectivity index (χ3n) is 5.92. The molecule has 4 nitrogen and oxygen atoms in total. The minimum absolute atomic E-state index is 0.133. The number of nitrogens with zero attached hydrogens (tertiary/aromatic N) is 1. The average molecular weight is 376 g/mol. The summed E-state index contributed by atoms with van der Waals surface area (Å²) in [6.45, 7) is 2.16. The van der Waals surface area contributed by atoms with Gasteiger partial charge in [0.05, 0.1) is 12.2 Å². The number of rotatable bonds is 10. The lowest BCUT2D eigenvalue weighted by atomic mass is 9.89. The van der Waals surface area contributed by atoms with Gasteiger partial charge in [-0.05, 0) is 37.5 Å². The molecule has 152 valence electrons. The van der Waals surface area contributed by atoms with Crippen LogP contribution in [0, 0.1) is 17.8 Å². The van der Waals surface area contributed by atoms with E-state index in [1.54, 1.807) is 19.0 Å². The van der Waals surface area contributed by atoms with Gasteiger partial charge >= 0.3 is 0 Å². The fourth-order valence-corrected chi connectivity index (χ4v) is 4.29. The molecule has 1 saturated carbocycles. The van der Waals surface area contributed by atoms with Crippen molar-refractivity contribution in [3.8, 4) is 0 Å². The zero-order chi connectivity index (χ0) is 19.8. The molecule has 2 rings (SSSR count). The highest BCUT2D eigenvalue weighted by molar-refractivity contribution is 5.75. The molecule has 2 N–H and O–H groups in total. The standard InChI is InChI=1S/C23H37NO3/c1-4-5-6-10-19(25)12-13-20-21-15-17(14-18(21)16-22(20)26)9-7-8-11-23(27)24(2)3/h7,9,12-14,18-22,25-26H,4-6,8,10-11,15-16H2,1-3H3/t18-,19-,20+,21-,22+/m0/s1. The Morgan fingerprint density at radius 2 is 2.15 bits per heavy atom. The molecule has 0 aliphatic heterocycles. The normalized spacial score (nSPS) is 28.7.